The van der Waals surface area contributed by atoms with Gasteiger partial charge in [0.2, 0.25) is 46.6 Å². The van der Waals surface area contributed by atoms with Gasteiger partial charge in [0.15, 0.2) is 0 Å². The summed E-state index contributed by atoms with van der Waals surface area (Å²) >= 11 is 0. The number of hydrogen-bond acceptors (Lipinski definition) is 5. The van der Waals surface area contributed by atoms with Crippen molar-refractivity contribution in [2.75, 3.05) is 14.1 Å². The van der Waals surface area contributed by atoms with Gasteiger partial charge in [-0.2, -0.15) is 8.78 Å². The van der Waals surface area contributed by atoms with Gasteiger partial charge in [0.25, 0.3) is 0 Å². The van der Waals surface area contributed by atoms with Crippen molar-refractivity contribution in [2.45, 2.75) is 39.7 Å². The summed E-state index contributed by atoms with van der Waals surface area (Å²) in [6, 6.07) is 12.9. The molecule has 0 fully saturated rings. The number of pyridine rings is 1. The van der Waals surface area contributed by atoms with Crippen LogP contribution in [0, 0.1) is 46.8 Å². The van der Waals surface area contributed by atoms with E-state index in [1.807, 2.05) is 36.4 Å². The van der Waals surface area contributed by atoms with Crippen LogP contribution in [-0.4, -0.2) is 41.8 Å². The zero-order chi connectivity index (χ0) is 31.8. The van der Waals surface area contributed by atoms with Gasteiger partial charge in [-0.05, 0) is 37.0 Å². The number of carbonyl (C=O) groups excluding carboxylic acids is 3. The maximum Gasteiger partial charge on any atom is 0.314 e. The number of carbonyl (C=O) groups is 3. The Morgan fingerprint density at radius 1 is 0.860 bits per heavy atom. The van der Waals surface area contributed by atoms with E-state index in [9.17, 15) is 36.3 Å². The summed E-state index contributed by atoms with van der Waals surface area (Å²) in [6.45, 7) is 3.28. The third-order valence-electron chi connectivity index (χ3n) is 7.02. The highest BCUT2D eigenvalue weighted by atomic mass is 19.2. The second-order valence-corrected chi connectivity index (χ2v) is 10.4. The predicted octanol–water partition coefficient (Wildman–Crippen LogP) is 5.81. The molecule has 3 atom stereocenters. The molecule has 1 heterocycles. The number of nitrogens with zero attached hydrogens (tertiary/aromatic N) is 2. The fraction of sp³-hybridized carbons (Fsp3) is 0.355. The molecule has 230 valence electrons. The molecule has 1 aromatic heterocycles. The molecule has 0 saturated heterocycles. The lowest BCUT2D eigenvalue weighted by Crippen LogP contribution is -2.37. The Kier molecular flexibility index (Phi) is 11.3. The zero-order valence-corrected chi connectivity index (χ0v) is 24.1. The molecule has 0 aliphatic heterocycles. The number of amides is 2. The zero-order valence-electron chi connectivity index (χ0n) is 24.1. The lowest BCUT2D eigenvalue weighted by atomic mass is 9.85. The van der Waals surface area contributed by atoms with Crippen molar-refractivity contribution in [2.24, 2.45) is 17.8 Å². The van der Waals surface area contributed by atoms with Crippen LogP contribution >= 0.6 is 0 Å². The van der Waals surface area contributed by atoms with E-state index in [-0.39, 0.29) is 31.7 Å². The molecule has 3 unspecified atom stereocenters. The average molecular weight is 606 g/mol. The Bertz CT molecular complexity index is 1420. The largest absolute Gasteiger partial charge is 0.420 e. The number of rotatable bonds is 12. The lowest BCUT2D eigenvalue weighted by molar-refractivity contribution is -0.140. The summed E-state index contributed by atoms with van der Waals surface area (Å²) in [5.41, 5.74) is 2.42. The molecule has 0 aliphatic carbocycles. The van der Waals surface area contributed by atoms with Gasteiger partial charge in [-0.25, -0.2) is 13.2 Å². The van der Waals surface area contributed by atoms with Crippen molar-refractivity contribution in [3.8, 4) is 17.0 Å². The fourth-order valence-electron chi connectivity index (χ4n) is 4.57. The summed E-state index contributed by atoms with van der Waals surface area (Å²) in [5.74, 6) is -17.9. The Morgan fingerprint density at radius 3 is 2.00 bits per heavy atom. The minimum Gasteiger partial charge on any atom is -0.420 e. The van der Waals surface area contributed by atoms with Crippen molar-refractivity contribution in [3.63, 3.8) is 0 Å². The second-order valence-electron chi connectivity index (χ2n) is 10.4. The van der Waals surface area contributed by atoms with E-state index in [1.54, 1.807) is 33.3 Å². The molecule has 1 N–H and O–H groups in total. The molecule has 7 nitrogen and oxygen atoms in total. The van der Waals surface area contributed by atoms with Crippen molar-refractivity contribution in [3.05, 3.63) is 83.3 Å². The first-order valence-corrected chi connectivity index (χ1v) is 13.6. The van der Waals surface area contributed by atoms with Crippen LogP contribution in [-0.2, 0) is 20.9 Å². The quantitative estimate of drug-likeness (QED) is 0.0926. The lowest BCUT2D eigenvalue weighted by Gasteiger charge is -2.25. The summed E-state index contributed by atoms with van der Waals surface area (Å²) < 4.78 is 73.6. The average Bonchev–Trinajstić information content (AvgIpc) is 3.01. The first-order chi connectivity index (χ1) is 20.3. The summed E-state index contributed by atoms with van der Waals surface area (Å²) in [5, 5.41) is 2.80. The van der Waals surface area contributed by atoms with E-state index >= 15 is 0 Å². The summed E-state index contributed by atoms with van der Waals surface area (Å²) in [6.07, 6.45) is 1.51. The molecule has 0 spiro atoms. The Hall–Kier alpha value is -4.35. The second kappa shape index (κ2) is 14.7. The van der Waals surface area contributed by atoms with Crippen LogP contribution in [0.1, 0.15) is 38.7 Å². The highest BCUT2D eigenvalue weighted by Crippen LogP contribution is 2.31. The number of benzene rings is 2. The van der Waals surface area contributed by atoms with Crippen molar-refractivity contribution in [1.29, 1.82) is 0 Å². The number of nitrogens with one attached hydrogen (secondary N) is 1. The van der Waals surface area contributed by atoms with Gasteiger partial charge < -0.3 is 15.0 Å². The van der Waals surface area contributed by atoms with E-state index < -0.39 is 64.5 Å². The molecule has 0 aliphatic rings. The number of aromatic nitrogens is 1. The van der Waals surface area contributed by atoms with E-state index in [1.165, 1.54) is 11.8 Å². The smallest absolute Gasteiger partial charge is 0.314 e. The minimum atomic E-state index is -2.38. The van der Waals surface area contributed by atoms with Gasteiger partial charge in [-0.15, -0.1) is 0 Å². The minimum absolute atomic E-state index is 0.0169. The van der Waals surface area contributed by atoms with Gasteiger partial charge in [-0.1, -0.05) is 44.2 Å². The van der Waals surface area contributed by atoms with Gasteiger partial charge in [0.1, 0.15) is 0 Å². The highest BCUT2D eigenvalue weighted by Gasteiger charge is 2.34. The van der Waals surface area contributed by atoms with Crippen molar-refractivity contribution in [1.82, 2.24) is 15.2 Å². The van der Waals surface area contributed by atoms with Crippen LogP contribution in [0.4, 0.5) is 22.0 Å². The van der Waals surface area contributed by atoms with Gasteiger partial charge in [0, 0.05) is 44.2 Å². The number of hydrogen-bond donors (Lipinski definition) is 1. The van der Waals surface area contributed by atoms with Crippen LogP contribution < -0.4 is 10.1 Å². The van der Waals surface area contributed by atoms with Crippen LogP contribution in [0.5, 0.6) is 5.75 Å². The topological polar surface area (TPSA) is 88.6 Å². The first kappa shape index (κ1) is 33.2. The molecule has 2 amide bonds. The van der Waals surface area contributed by atoms with Crippen LogP contribution in [0.3, 0.4) is 0 Å². The summed E-state index contributed by atoms with van der Waals surface area (Å²) in [4.78, 5) is 44.4. The fourth-order valence-corrected chi connectivity index (χ4v) is 4.57. The maximum atomic E-state index is 14.1. The molecule has 43 heavy (non-hydrogen) atoms. The Balaban J connectivity index is 1.77. The number of ether oxygens (including phenoxy) is 1. The van der Waals surface area contributed by atoms with E-state index in [0.717, 1.165) is 16.8 Å². The molecule has 0 bridgehead atoms. The third kappa shape index (κ3) is 8.14. The highest BCUT2D eigenvalue weighted by molar-refractivity contribution is 5.83. The molecular weight excluding hydrogens is 573 g/mol. The van der Waals surface area contributed by atoms with Crippen molar-refractivity contribution >= 4 is 17.8 Å². The van der Waals surface area contributed by atoms with Gasteiger partial charge >= 0.3 is 5.97 Å². The Labute approximate surface area is 246 Å². The van der Waals surface area contributed by atoms with E-state index in [2.05, 4.69) is 15.0 Å². The van der Waals surface area contributed by atoms with E-state index in [4.69, 9.17) is 0 Å². The van der Waals surface area contributed by atoms with Crippen LogP contribution in [0.15, 0.2) is 48.7 Å². The monoisotopic (exact) mass is 605 g/mol. The van der Waals surface area contributed by atoms with Gasteiger partial charge in [-0.3, -0.25) is 19.4 Å². The molecule has 0 radical (unpaired) electrons. The third-order valence-corrected chi connectivity index (χ3v) is 7.02. The molecular formula is C31H32F5N3O4. The molecule has 3 aromatic rings. The predicted molar refractivity (Wildman–Crippen MR) is 148 cm³/mol. The van der Waals surface area contributed by atoms with E-state index in [0.29, 0.717) is 0 Å². The maximum absolute atomic E-state index is 14.1. The molecule has 3 rings (SSSR count). The van der Waals surface area contributed by atoms with Crippen LogP contribution in [0.2, 0.25) is 0 Å². The number of esters is 1. The standard InChI is InChI=1S/C31H32F5N3O4/c1-5-19(31(42)43-28-26(35)24(33)23(32)25(34)27(28)36)15-21(14-17(2)30(41)39(3)4)29(40)38-16-18-9-11-20(12-10-18)22-8-6-7-13-37-22/h6-13,17,19,21H,5,14-16H2,1-4H3,(H,38,40). The first-order valence-electron chi connectivity index (χ1n) is 13.6. The molecule has 12 heteroatoms. The Morgan fingerprint density at radius 2 is 1.47 bits per heavy atom. The van der Waals surface area contributed by atoms with Gasteiger partial charge in [0.05, 0.1) is 11.6 Å². The number of halogens is 5. The van der Waals surface area contributed by atoms with Crippen LogP contribution in [0.25, 0.3) is 11.3 Å². The SMILES string of the molecule is CCC(CC(CC(C)C(=O)N(C)C)C(=O)NCc1ccc(-c2ccccn2)cc1)C(=O)Oc1c(F)c(F)c(F)c(F)c1F. The molecule has 0 saturated carbocycles. The normalized spacial score (nSPS) is 13.1. The summed E-state index contributed by atoms with van der Waals surface area (Å²) in [7, 11) is 3.11. The molecule has 2 aromatic carbocycles. The van der Waals surface area contributed by atoms with Crippen molar-refractivity contribution < 1.29 is 41.1 Å².